The molecule has 0 saturated heterocycles. The number of benzene rings is 1. The van der Waals surface area contributed by atoms with Gasteiger partial charge in [-0.15, -0.1) is 10.2 Å². The average molecular weight is 328 g/mol. The first-order valence-electron chi connectivity index (χ1n) is 8.17. The lowest BCUT2D eigenvalue weighted by Gasteiger charge is -2.23. The highest BCUT2D eigenvalue weighted by Crippen LogP contribution is 2.19. The topological polar surface area (TPSA) is 67.6 Å². The van der Waals surface area contributed by atoms with E-state index in [1.165, 1.54) is 0 Å². The van der Waals surface area contributed by atoms with Gasteiger partial charge in [-0.1, -0.05) is 18.2 Å². The van der Waals surface area contributed by atoms with Crippen molar-refractivity contribution in [3.05, 3.63) is 41.5 Å². The average Bonchev–Trinajstić information content (AvgIpc) is 3.20. The van der Waals surface area contributed by atoms with Crippen LogP contribution in [0.15, 0.2) is 29.3 Å². The lowest BCUT2D eigenvalue weighted by atomic mass is 10.2. The second-order valence-electron chi connectivity index (χ2n) is 5.86. The highest BCUT2D eigenvalue weighted by atomic mass is 16.5. The van der Waals surface area contributed by atoms with Crippen molar-refractivity contribution in [1.82, 2.24) is 25.0 Å². The fraction of sp³-hybridized carbons (Fsp3) is 0.471. The molecule has 128 valence electrons. The molecule has 3 rings (SSSR count). The maximum atomic E-state index is 5.42. The van der Waals surface area contributed by atoms with Crippen molar-refractivity contribution in [2.75, 3.05) is 21.2 Å². The molecule has 0 saturated carbocycles. The van der Waals surface area contributed by atoms with Crippen molar-refractivity contribution in [1.29, 1.82) is 0 Å². The Labute approximate surface area is 142 Å². The van der Waals surface area contributed by atoms with E-state index in [0.29, 0.717) is 13.1 Å². The molecule has 1 aromatic heterocycles. The predicted octanol–water partition coefficient (Wildman–Crippen LogP) is 1.44. The number of fused-ring (bicyclic) bond motifs is 1. The number of aryl methyl sites for hydroxylation is 1. The molecular formula is C17H24N6O. The van der Waals surface area contributed by atoms with E-state index in [-0.39, 0.29) is 0 Å². The molecule has 7 nitrogen and oxygen atoms in total. The smallest absolute Gasteiger partial charge is 0.194 e. The van der Waals surface area contributed by atoms with E-state index in [1.807, 2.05) is 25.2 Å². The minimum atomic E-state index is 0.621. The molecule has 1 N–H and O–H groups in total. The highest BCUT2D eigenvalue weighted by Gasteiger charge is 2.18. The number of ether oxygens (including phenoxy) is 1. The Morgan fingerprint density at radius 3 is 3.00 bits per heavy atom. The number of nitrogens with zero attached hydrogens (tertiary/aromatic N) is 5. The summed E-state index contributed by atoms with van der Waals surface area (Å²) in [4.78, 5) is 6.43. The van der Waals surface area contributed by atoms with Crippen molar-refractivity contribution >= 4 is 5.96 Å². The number of aromatic nitrogens is 3. The summed E-state index contributed by atoms with van der Waals surface area (Å²) >= 11 is 0. The van der Waals surface area contributed by atoms with E-state index >= 15 is 0 Å². The molecule has 0 bridgehead atoms. The summed E-state index contributed by atoms with van der Waals surface area (Å²) in [6.07, 6.45) is 2.18. The quantitative estimate of drug-likeness (QED) is 0.664. The van der Waals surface area contributed by atoms with Crippen LogP contribution in [0.2, 0.25) is 0 Å². The molecular weight excluding hydrogens is 304 g/mol. The van der Waals surface area contributed by atoms with E-state index in [2.05, 4.69) is 36.0 Å². The summed E-state index contributed by atoms with van der Waals surface area (Å²) in [6.45, 7) is 2.34. The van der Waals surface area contributed by atoms with E-state index in [9.17, 15) is 0 Å². The highest BCUT2D eigenvalue weighted by molar-refractivity contribution is 5.79. The Morgan fingerprint density at radius 2 is 2.21 bits per heavy atom. The van der Waals surface area contributed by atoms with Crippen LogP contribution in [0.5, 0.6) is 5.75 Å². The minimum absolute atomic E-state index is 0.621. The van der Waals surface area contributed by atoms with Crippen LogP contribution < -0.4 is 10.1 Å². The standard InChI is InChI=1S/C17H24N6O/c1-18-17(19-11-16-21-20-15-9-6-10-23(15)16)22(2)12-13-7-4-5-8-14(13)24-3/h4-5,7-8H,6,9-12H2,1-3H3,(H,18,19). The number of hydrogen-bond acceptors (Lipinski definition) is 4. The van der Waals surface area contributed by atoms with E-state index in [1.54, 1.807) is 14.2 Å². The first kappa shape index (κ1) is 16.3. The van der Waals surface area contributed by atoms with Crippen LogP contribution in [0, 0.1) is 0 Å². The molecule has 24 heavy (non-hydrogen) atoms. The molecule has 1 aliphatic rings. The zero-order chi connectivity index (χ0) is 16.9. The third-order valence-electron chi connectivity index (χ3n) is 4.26. The van der Waals surface area contributed by atoms with Crippen LogP contribution in [0.1, 0.15) is 23.6 Å². The summed E-state index contributed by atoms with van der Waals surface area (Å²) in [5, 5.41) is 11.9. The monoisotopic (exact) mass is 328 g/mol. The molecule has 0 aliphatic carbocycles. The Hall–Kier alpha value is -2.57. The number of guanidine groups is 1. The summed E-state index contributed by atoms with van der Waals surface area (Å²) < 4.78 is 7.62. The lowest BCUT2D eigenvalue weighted by molar-refractivity contribution is 0.395. The fourth-order valence-corrected chi connectivity index (χ4v) is 3.05. The van der Waals surface area contributed by atoms with Crippen LogP contribution in [-0.4, -0.2) is 46.8 Å². The normalized spacial score (nSPS) is 13.7. The summed E-state index contributed by atoms with van der Waals surface area (Å²) in [7, 11) is 5.49. The maximum absolute atomic E-state index is 5.42. The third-order valence-corrected chi connectivity index (χ3v) is 4.26. The second kappa shape index (κ2) is 7.33. The zero-order valence-corrected chi connectivity index (χ0v) is 14.5. The first-order valence-corrected chi connectivity index (χ1v) is 8.17. The number of para-hydroxylation sites is 1. The van der Waals surface area contributed by atoms with Crippen molar-refractivity contribution < 1.29 is 4.74 Å². The molecule has 0 atom stereocenters. The van der Waals surface area contributed by atoms with Gasteiger partial charge in [0.25, 0.3) is 0 Å². The maximum Gasteiger partial charge on any atom is 0.194 e. The van der Waals surface area contributed by atoms with Gasteiger partial charge in [0.05, 0.1) is 13.7 Å². The SMILES string of the molecule is CN=C(NCc1nnc2n1CCC2)N(C)Cc1ccccc1OC. The van der Waals surface area contributed by atoms with Gasteiger partial charge in [-0.25, -0.2) is 0 Å². The third kappa shape index (κ3) is 3.34. The van der Waals surface area contributed by atoms with Crippen LogP contribution in [-0.2, 0) is 26.1 Å². The molecule has 1 aromatic carbocycles. The van der Waals surface area contributed by atoms with Gasteiger partial charge in [-0.05, 0) is 12.5 Å². The van der Waals surface area contributed by atoms with Gasteiger partial charge in [-0.2, -0.15) is 0 Å². The van der Waals surface area contributed by atoms with Crippen LogP contribution in [0.25, 0.3) is 0 Å². The predicted molar refractivity (Wildman–Crippen MR) is 93.0 cm³/mol. The van der Waals surface area contributed by atoms with E-state index < -0.39 is 0 Å². The van der Waals surface area contributed by atoms with Gasteiger partial charge < -0.3 is 19.5 Å². The van der Waals surface area contributed by atoms with Crippen molar-refractivity contribution in [3.8, 4) is 5.75 Å². The van der Waals surface area contributed by atoms with Crippen molar-refractivity contribution in [3.63, 3.8) is 0 Å². The Bertz CT molecular complexity index is 724. The van der Waals surface area contributed by atoms with Crippen molar-refractivity contribution in [2.45, 2.75) is 32.5 Å². The van der Waals surface area contributed by atoms with Gasteiger partial charge >= 0.3 is 0 Å². The molecule has 0 amide bonds. The number of methoxy groups -OCH3 is 1. The molecule has 2 aromatic rings. The molecule has 0 spiro atoms. The second-order valence-corrected chi connectivity index (χ2v) is 5.86. The summed E-state index contributed by atoms with van der Waals surface area (Å²) in [6, 6.07) is 8.02. The number of nitrogens with one attached hydrogen (secondary N) is 1. The number of aliphatic imine (C=N–C) groups is 1. The zero-order valence-electron chi connectivity index (χ0n) is 14.5. The Balaban J connectivity index is 1.63. The molecule has 0 unspecified atom stereocenters. The largest absolute Gasteiger partial charge is 0.496 e. The van der Waals surface area contributed by atoms with Gasteiger partial charge in [0.1, 0.15) is 11.6 Å². The number of rotatable bonds is 5. The van der Waals surface area contributed by atoms with Crippen molar-refractivity contribution in [2.24, 2.45) is 4.99 Å². The Morgan fingerprint density at radius 1 is 1.38 bits per heavy atom. The Kier molecular flexibility index (Phi) is 4.98. The minimum Gasteiger partial charge on any atom is -0.496 e. The number of hydrogen-bond donors (Lipinski definition) is 1. The first-order chi connectivity index (χ1) is 11.7. The van der Waals surface area contributed by atoms with Crippen LogP contribution >= 0.6 is 0 Å². The molecule has 1 aliphatic heterocycles. The lowest BCUT2D eigenvalue weighted by Crippen LogP contribution is -2.38. The van der Waals surface area contributed by atoms with Gasteiger partial charge in [0.2, 0.25) is 0 Å². The molecule has 7 heteroatoms. The van der Waals surface area contributed by atoms with E-state index in [0.717, 1.165) is 48.3 Å². The van der Waals surface area contributed by atoms with Gasteiger partial charge in [-0.3, -0.25) is 4.99 Å². The van der Waals surface area contributed by atoms with Gasteiger partial charge in [0, 0.05) is 39.2 Å². The summed E-state index contributed by atoms with van der Waals surface area (Å²) in [5.41, 5.74) is 1.12. The molecule has 0 fully saturated rings. The van der Waals surface area contributed by atoms with Gasteiger partial charge in [0.15, 0.2) is 11.8 Å². The van der Waals surface area contributed by atoms with Crippen LogP contribution in [0.3, 0.4) is 0 Å². The van der Waals surface area contributed by atoms with Crippen LogP contribution in [0.4, 0.5) is 0 Å². The summed E-state index contributed by atoms with van der Waals surface area (Å²) in [5.74, 6) is 3.75. The fourth-order valence-electron chi connectivity index (χ4n) is 3.05. The van der Waals surface area contributed by atoms with E-state index in [4.69, 9.17) is 4.74 Å². The molecule has 0 radical (unpaired) electrons. The molecule has 2 heterocycles.